The first-order valence-corrected chi connectivity index (χ1v) is 7.01. The van der Waals surface area contributed by atoms with E-state index in [1.807, 2.05) is 62.6 Å². The number of benzene rings is 1. The van der Waals surface area contributed by atoms with Gasteiger partial charge in [0.05, 0.1) is 6.04 Å². The Balaban J connectivity index is 1.94. The highest BCUT2D eigenvalue weighted by Crippen LogP contribution is 2.24. The Hall–Kier alpha value is -2.33. The standard InChI is InChI=1S/C17H18N2O2/c1-12-6-5-9-19(17(12)20)11-14(18-2)16-10-13-7-3-4-8-15(13)21-16/h3-10,14,18H,11H2,1-2H3. The molecule has 2 heterocycles. The van der Waals surface area contributed by atoms with Gasteiger partial charge in [0, 0.05) is 23.7 Å². The fourth-order valence-electron chi connectivity index (χ4n) is 2.49. The van der Waals surface area contributed by atoms with E-state index in [1.54, 1.807) is 4.57 Å². The van der Waals surface area contributed by atoms with Gasteiger partial charge in [-0.1, -0.05) is 24.3 Å². The summed E-state index contributed by atoms with van der Waals surface area (Å²) in [6.45, 7) is 2.37. The number of rotatable bonds is 4. The van der Waals surface area contributed by atoms with Gasteiger partial charge in [0.1, 0.15) is 11.3 Å². The maximum Gasteiger partial charge on any atom is 0.253 e. The average Bonchev–Trinajstić information content (AvgIpc) is 2.92. The highest BCUT2D eigenvalue weighted by molar-refractivity contribution is 5.77. The molecule has 2 aromatic heterocycles. The summed E-state index contributed by atoms with van der Waals surface area (Å²) in [7, 11) is 1.87. The number of nitrogens with zero attached hydrogens (tertiary/aromatic N) is 1. The normalized spacial score (nSPS) is 12.7. The quantitative estimate of drug-likeness (QED) is 0.800. The molecule has 1 unspecified atom stereocenters. The Labute approximate surface area is 123 Å². The molecule has 1 aromatic carbocycles. The van der Waals surface area contributed by atoms with Gasteiger partial charge in [-0.3, -0.25) is 4.79 Å². The molecule has 0 aliphatic heterocycles. The maximum absolute atomic E-state index is 12.1. The first-order chi connectivity index (χ1) is 10.2. The smallest absolute Gasteiger partial charge is 0.253 e. The van der Waals surface area contributed by atoms with Crippen LogP contribution in [-0.4, -0.2) is 11.6 Å². The maximum atomic E-state index is 12.1. The summed E-state index contributed by atoms with van der Waals surface area (Å²) < 4.78 is 7.60. The number of hydrogen-bond donors (Lipinski definition) is 1. The number of para-hydroxylation sites is 1. The van der Waals surface area contributed by atoms with Crippen LogP contribution >= 0.6 is 0 Å². The molecule has 0 aliphatic rings. The molecule has 0 fully saturated rings. The molecule has 0 saturated heterocycles. The predicted molar refractivity (Wildman–Crippen MR) is 83.5 cm³/mol. The van der Waals surface area contributed by atoms with E-state index in [-0.39, 0.29) is 11.6 Å². The molecule has 0 amide bonds. The van der Waals surface area contributed by atoms with Crippen LogP contribution in [0.25, 0.3) is 11.0 Å². The summed E-state index contributed by atoms with van der Waals surface area (Å²) in [5, 5.41) is 4.29. The van der Waals surface area contributed by atoms with Crippen LogP contribution in [0.15, 0.2) is 57.9 Å². The minimum atomic E-state index is -0.0445. The van der Waals surface area contributed by atoms with E-state index in [4.69, 9.17) is 4.42 Å². The van der Waals surface area contributed by atoms with E-state index in [2.05, 4.69) is 5.32 Å². The van der Waals surface area contributed by atoms with Crippen molar-refractivity contribution in [2.24, 2.45) is 0 Å². The zero-order valence-corrected chi connectivity index (χ0v) is 12.2. The summed E-state index contributed by atoms with van der Waals surface area (Å²) in [5.74, 6) is 0.840. The van der Waals surface area contributed by atoms with E-state index >= 15 is 0 Å². The molecule has 0 aliphatic carbocycles. The third kappa shape index (κ3) is 2.62. The molecular formula is C17H18N2O2. The van der Waals surface area contributed by atoms with Crippen LogP contribution in [0.5, 0.6) is 0 Å². The van der Waals surface area contributed by atoms with E-state index in [0.29, 0.717) is 6.54 Å². The SMILES string of the molecule is CNC(Cn1cccc(C)c1=O)c1cc2ccccc2o1. The van der Waals surface area contributed by atoms with Gasteiger partial charge >= 0.3 is 0 Å². The van der Waals surface area contributed by atoms with Gasteiger partial charge in [-0.25, -0.2) is 0 Å². The van der Waals surface area contributed by atoms with Crippen LogP contribution in [0.1, 0.15) is 17.4 Å². The molecule has 0 spiro atoms. The second-order valence-electron chi connectivity index (χ2n) is 5.18. The average molecular weight is 282 g/mol. The molecule has 1 N–H and O–H groups in total. The number of hydrogen-bond acceptors (Lipinski definition) is 3. The molecule has 4 nitrogen and oxygen atoms in total. The van der Waals surface area contributed by atoms with Gasteiger partial charge in [-0.05, 0) is 32.2 Å². The van der Waals surface area contributed by atoms with Crippen molar-refractivity contribution < 1.29 is 4.42 Å². The predicted octanol–water partition coefficient (Wildman–Crippen LogP) is 2.86. The second kappa shape index (κ2) is 5.58. The second-order valence-corrected chi connectivity index (χ2v) is 5.18. The number of pyridine rings is 1. The Morgan fingerprint density at radius 2 is 2.05 bits per heavy atom. The third-order valence-electron chi connectivity index (χ3n) is 3.73. The molecule has 3 rings (SSSR count). The van der Waals surface area contributed by atoms with Crippen molar-refractivity contribution >= 4 is 11.0 Å². The first-order valence-electron chi connectivity index (χ1n) is 7.01. The van der Waals surface area contributed by atoms with Crippen molar-refractivity contribution in [2.45, 2.75) is 19.5 Å². The lowest BCUT2D eigenvalue weighted by atomic mass is 10.2. The van der Waals surface area contributed by atoms with Gasteiger partial charge in [0.25, 0.3) is 5.56 Å². The Morgan fingerprint density at radius 3 is 2.81 bits per heavy atom. The third-order valence-corrected chi connectivity index (χ3v) is 3.73. The van der Waals surface area contributed by atoms with Gasteiger partial charge in [-0.2, -0.15) is 0 Å². The number of fused-ring (bicyclic) bond motifs is 1. The Kier molecular flexibility index (Phi) is 3.62. The fraction of sp³-hybridized carbons (Fsp3) is 0.235. The van der Waals surface area contributed by atoms with E-state index < -0.39 is 0 Å². The van der Waals surface area contributed by atoms with Gasteiger partial charge in [-0.15, -0.1) is 0 Å². The fourth-order valence-corrected chi connectivity index (χ4v) is 2.49. The molecule has 4 heteroatoms. The van der Waals surface area contributed by atoms with Gasteiger partial charge < -0.3 is 14.3 Å². The molecule has 0 bridgehead atoms. The molecule has 0 saturated carbocycles. The van der Waals surface area contributed by atoms with Crippen molar-refractivity contribution in [1.29, 1.82) is 0 Å². The van der Waals surface area contributed by atoms with Gasteiger partial charge in [0.15, 0.2) is 0 Å². The summed E-state index contributed by atoms with van der Waals surface area (Å²) in [4.78, 5) is 12.1. The summed E-state index contributed by atoms with van der Waals surface area (Å²) in [6, 6.07) is 13.6. The van der Waals surface area contributed by atoms with Crippen LogP contribution in [0.4, 0.5) is 0 Å². The summed E-state index contributed by atoms with van der Waals surface area (Å²) >= 11 is 0. The van der Waals surface area contributed by atoms with Crippen LogP contribution in [0.2, 0.25) is 0 Å². The van der Waals surface area contributed by atoms with E-state index in [9.17, 15) is 4.79 Å². The number of aromatic nitrogens is 1. The number of likely N-dealkylation sites (N-methyl/N-ethyl adjacent to an activating group) is 1. The number of furan rings is 1. The van der Waals surface area contributed by atoms with Crippen LogP contribution in [0.3, 0.4) is 0 Å². The lowest BCUT2D eigenvalue weighted by Crippen LogP contribution is -2.29. The highest BCUT2D eigenvalue weighted by atomic mass is 16.3. The van der Waals surface area contributed by atoms with Crippen LogP contribution in [0, 0.1) is 6.92 Å². The van der Waals surface area contributed by atoms with Gasteiger partial charge in [0.2, 0.25) is 0 Å². The molecule has 108 valence electrons. The van der Waals surface area contributed by atoms with E-state index in [1.165, 1.54) is 0 Å². The molecule has 21 heavy (non-hydrogen) atoms. The summed E-state index contributed by atoms with van der Waals surface area (Å²) in [5.41, 5.74) is 1.65. The topological polar surface area (TPSA) is 47.2 Å². The Bertz CT molecular complexity index is 784. The van der Waals surface area contributed by atoms with Crippen molar-refractivity contribution in [2.75, 3.05) is 7.05 Å². The monoisotopic (exact) mass is 282 g/mol. The van der Waals surface area contributed by atoms with Crippen molar-refractivity contribution in [1.82, 2.24) is 9.88 Å². The molecule has 0 radical (unpaired) electrons. The first kappa shape index (κ1) is 13.6. The summed E-state index contributed by atoms with van der Waals surface area (Å²) in [6.07, 6.45) is 1.81. The molecule has 1 atom stereocenters. The number of aryl methyl sites for hydroxylation is 1. The molecule has 3 aromatic rings. The van der Waals surface area contributed by atoms with E-state index in [0.717, 1.165) is 22.3 Å². The minimum absolute atomic E-state index is 0.0360. The minimum Gasteiger partial charge on any atom is -0.459 e. The Morgan fingerprint density at radius 1 is 1.24 bits per heavy atom. The lowest BCUT2D eigenvalue weighted by Gasteiger charge is -2.15. The van der Waals surface area contributed by atoms with Crippen molar-refractivity contribution in [3.63, 3.8) is 0 Å². The molecular weight excluding hydrogens is 264 g/mol. The largest absolute Gasteiger partial charge is 0.459 e. The zero-order chi connectivity index (χ0) is 14.8. The lowest BCUT2D eigenvalue weighted by molar-refractivity contribution is 0.406. The van der Waals surface area contributed by atoms with Crippen LogP contribution < -0.4 is 10.9 Å². The van der Waals surface area contributed by atoms with Crippen LogP contribution in [-0.2, 0) is 6.54 Å². The van der Waals surface area contributed by atoms with Crippen molar-refractivity contribution in [3.05, 3.63) is 70.3 Å². The van der Waals surface area contributed by atoms with Crippen molar-refractivity contribution in [3.8, 4) is 0 Å². The highest BCUT2D eigenvalue weighted by Gasteiger charge is 2.16. The number of nitrogens with one attached hydrogen (secondary N) is 1. The zero-order valence-electron chi connectivity index (χ0n) is 12.2.